The topological polar surface area (TPSA) is 15.4 Å². The second-order valence-electron chi connectivity index (χ2n) is 5.79. The van der Waals surface area contributed by atoms with E-state index in [2.05, 4.69) is 86.1 Å². The molecule has 0 unspecified atom stereocenters. The van der Waals surface area contributed by atoms with E-state index >= 15 is 0 Å². The van der Waals surface area contributed by atoms with E-state index in [1.807, 2.05) is 0 Å². The van der Waals surface area contributed by atoms with Gasteiger partial charge in [0.2, 0.25) is 5.71 Å². The molecule has 2 aromatic rings. The van der Waals surface area contributed by atoms with Crippen LogP contribution in [0, 0.1) is 0 Å². The van der Waals surface area contributed by atoms with Crippen LogP contribution in [-0.2, 0) is 0 Å². The summed E-state index contributed by atoms with van der Waals surface area (Å²) in [6, 6.07) is 21.1. The maximum atomic E-state index is 5.17. The molecule has 2 nitrogen and oxygen atoms in total. The highest BCUT2D eigenvalue weighted by Crippen LogP contribution is 2.29. The van der Waals surface area contributed by atoms with E-state index in [-0.39, 0.29) is 29.6 Å². The largest absolute Gasteiger partial charge is 1.00 e. The number of benzene rings is 2. The van der Waals surface area contributed by atoms with Crippen LogP contribution in [0.5, 0.6) is 0 Å². The lowest BCUT2D eigenvalue weighted by Crippen LogP contribution is -3.00. The molecule has 1 heterocycles. The Bertz CT molecular complexity index is 714. The molecule has 0 saturated carbocycles. The molecule has 120 valence electrons. The van der Waals surface area contributed by atoms with Crippen molar-refractivity contribution in [2.75, 3.05) is 7.05 Å². The first-order valence-corrected chi connectivity index (χ1v) is 8.03. The monoisotopic (exact) mass is 418 g/mol. The van der Waals surface area contributed by atoms with Crippen molar-refractivity contribution in [2.45, 2.75) is 32.4 Å². The highest BCUT2D eigenvalue weighted by molar-refractivity contribution is 6.52. The zero-order chi connectivity index (χ0) is 15.6. The van der Waals surface area contributed by atoms with Gasteiger partial charge in [-0.1, -0.05) is 62.4 Å². The van der Waals surface area contributed by atoms with Gasteiger partial charge in [0, 0.05) is 24.0 Å². The van der Waals surface area contributed by atoms with Gasteiger partial charge in [0.15, 0.2) is 0 Å². The van der Waals surface area contributed by atoms with Crippen LogP contribution in [0.1, 0.15) is 37.8 Å². The van der Waals surface area contributed by atoms with Gasteiger partial charge in [0.05, 0.1) is 0 Å². The van der Waals surface area contributed by atoms with Crippen LogP contribution in [0.25, 0.3) is 0 Å². The average molecular weight is 418 g/mol. The molecule has 0 aliphatic carbocycles. The Morgan fingerprint density at radius 3 is 1.78 bits per heavy atom. The molecule has 0 atom stereocenters. The zero-order valence-corrected chi connectivity index (χ0v) is 16.1. The molecule has 0 fully saturated rings. The maximum Gasteiger partial charge on any atom is 0.255 e. The molecule has 1 aliphatic rings. The molecule has 0 aromatic heterocycles. The molecule has 0 radical (unpaired) electrons. The highest BCUT2D eigenvalue weighted by Gasteiger charge is 2.45. The fraction of sp³-hybridized carbons (Fsp3) is 0.300. The molecule has 0 saturated heterocycles. The van der Waals surface area contributed by atoms with Crippen LogP contribution >= 0.6 is 0 Å². The van der Waals surface area contributed by atoms with Gasteiger partial charge < -0.3 is 24.0 Å². The Morgan fingerprint density at radius 1 is 0.826 bits per heavy atom. The predicted molar refractivity (Wildman–Crippen MR) is 93.0 cm³/mol. The predicted octanol–water partition coefficient (Wildman–Crippen LogP) is 1.14. The van der Waals surface area contributed by atoms with Gasteiger partial charge in [0.25, 0.3) is 5.66 Å². The van der Waals surface area contributed by atoms with E-state index < -0.39 is 0 Å². The average Bonchev–Trinajstić information content (AvgIpc) is 2.90. The SMILES string of the molecule is CCC1(CC)N=C(c2ccccc2)C(c2ccccc2)=[N+]1C.[I-]. The van der Waals surface area contributed by atoms with Crippen LogP contribution < -0.4 is 24.0 Å². The van der Waals surface area contributed by atoms with Crippen LogP contribution in [0.15, 0.2) is 65.7 Å². The van der Waals surface area contributed by atoms with Crippen molar-refractivity contribution in [1.82, 2.24) is 0 Å². The van der Waals surface area contributed by atoms with Crippen molar-refractivity contribution in [3.05, 3.63) is 71.8 Å². The molecule has 23 heavy (non-hydrogen) atoms. The fourth-order valence-electron chi connectivity index (χ4n) is 3.31. The third-order valence-electron chi connectivity index (χ3n) is 4.73. The van der Waals surface area contributed by atoms with Crippen LogP contribution in [0.4, 0.5) is 0 Å². The molecule has 3 heteroatoms. The lowest BCUT2D eigenvalue weighted by Gasteiger charge is -2.19. The lowest BCUT2D eigenvalue weighted by molar-refractivity contribution is -0.577. The summed E-state index contributed by atoms with van der Waals surface area (Å²) in [5, 5.41) is 0. The number of aliphatic imine (C=N–C) groups is 1. The minimum atomic E-state index is -0.129. The van der Waals surface area contributed by atoms with Crippen molar-refractivity contribution in [3.8, 4) is 0 Å². The number of rotatable bonds is 4. The van der Waals surface area contributed by atoms with Gasteiger partial charge in [0.1, 0.15) is 12.8 Å². The Balaban J connectivity index is 0.00000192. The molecule has 0 bridgehead atoms. The van der Waals surface area contributed by atoms with E-state index in [4.69, 9.17) is 4.99 Å². The van der Waals surface area contributed by atoms with Crippen molar-refractivity contribution < 1.29 is 28.6 Å². The van der Waals surface area contributed by atoms with Crippen molar-refractivity contribution in [2.24, 2.45) is 4.99 Å². The minimum absolute atomic E-state index is 0. The number of halogens is 1. The third kappa shape index (κ3) is 3.11. The quantitative estimate of drug-likeness (QED) is 0.523. The standard InChI is InChI=1S/C20H23N2.HI/c1-4-20(5-2)21-18(16-12-8-6-9-13-16)19(22(20)3)17-14-10-7-11-15-17;/h6-15H,4-5H2,1-3H3;1H/q+1;/p-1. The molecule has 3 rings (SSSR count). The summed E-state index contributed by atoms with van der Waals surface area (Å²) in [4.78, 5) is 5.17. The van der Waals surface area contributed by atoms with E-state index in [9.17, 15) is 0 Å². The summed E-state index contributed by atoms with van der Waals surface area (Å²) in [6.45, 7) is 4.44. The molecule has 0 spiro atoms. The summed E-state index contributed by atoms with van der Waals surface area (Å²) >= 11 is 0. The van der Waals surface area contributed by atoms with E-state index in [0.717, 1.165) is 18.6 Å². The molecule has 1 aliphatic heterocycles. The Hall–Kier alpha value is -1.49. The number of hydrogen-bond acceptors (Lipinski definition) is 1. The molecular weight excluding hydrogens is 395 g/mol. The Labute approximate surface area is 156 Å². The normalized spacial score (nSPS) is 16.0. The van der Waals surface area contributed by atoms with E-state index in [1.165, 1.54) is 16.8 Å². The van der Waals surface area contributed by atoms with Crippen molar-refractivity contribution in [1.29, 1.82) is 0 Å². The van der Waals surface area contributed by atoms with Gasteiger partial charge in [-0.3, -0.25) is 0 Å². The molecule has 0 amide bonds. The number of nitrogens with zero attached hydrogens (tertiary/aromatic N) is 2. The highest BCUT2D eigenvalue weighted by atomic mass is 127. The first-order chi connectivity index (χ1) is 10.7. The van der Waals surface area contributed by atoms with Crippen LogP contribution in [0.3, 0.4) is 0 Å². The minimum Gasteiger partial charge on any atom is -1.00 e. The second-order valence-corrected chi connectivity index (χ2v) is 5.79. The van der Waals surface area contributed by atoms with E-state index in [1.54, 1.807) is 0 Å². The molecular formula is C20H23IN2. The lowest BCUT2D eigenvalue weighted by atomic mass is 10.00. The molecule has 0 N–H and O–H groups in total. The van der Waals surface area contributed by atoms with Crippen molar-refractivity contribution >= 4 is 11.4 Å². The first kappa shape index (κ1) is 17.9. The maximum absolute atomic E-state index is 5.17. The van der Waals surface area contributed by atoms with Gasteiger partial charge in [-0.15, -0.1) is 0 Å². The Morgan fingerprint density at radius 2 is 1.30 bits per heavy atom. The first-order valence-electron chi connectivity index (χ1n) is 8.03. The number of hydrogen-bond donors (Lipinski definition) is 0. The van der Waals surface area contributed by atoms with Crippen LogP contribution in [-0.4, -0.2) is 28.7 Å². The summed E-state index contributed by atoms with van der Waals surface area (Å²) < 4.78 is 2.37. The van der Waals surface area contributed by atoms with Gasteiger partial charge >= 0.3 is 0 Å². The van der Waals surface area contributed by atoms with Gasteiger partial charge in [-0.05, 0) is 12.1 Å². The summed E-state index contributed by atoms with van der Waals surface area (Å²) in [5.41, 5.74) is 4.64. The van der Waals surface area contributed by atoms with E-state index in [0.29, 0.717) is 0 Å². The summed E-state index contributed by atoms with van der Waals surface area (Å²) in [5.74, 6) is 0. The zero-order valence-electron chi connectivity index (χ0n) is 14.0. The summed E-state index contributed by atoms with van der Waals surface area (Å²) in [7, 11) is 2.18. The van der Waals surface area contributed by atoms with Crippen LogP contribution in [0.2, 0.25) is 0 Å². The second kappa shape index (κ2) is 7.39. The van der Waals surface area contributed by atoms with Crippen molar-refractivity contribution in [3.63, 3.8) is 0 Å². The summed E-state index contributed by atoms with van der Waals surface area (Å²) in [6.07, 6.45) is 2.01. The van der Waals surface area contributed by atoms with Gasteiger partial charge in [-0.25, -0.2) is 9.57 Å². The third-order valence-corrected chi connectivity index (χ3v) is 4.73. The Kier molecular flexibility index (Phi) is 5.74. The van der Waals surface area contributed by atoms with Gasteiger partial charge in [-0.2, -0.15) is 0 Å². The smallest absolute Gasteiger partial charge is 0.255 e. The fourth-order valence-corrected chi connectivity index (χ4v) is 3.31. The molecule has 2 aromatic carbocycles.